The minimum absolute atomic E-state index is 0.105. The third kappa shape index (κ3) is 7.04. The highest BCUT2D eigenvalue weighted by atomic mass is 32.2. The van der Waals surface area contributed by atoms with E-state index in [1.807, 2.05) is 6.92 Å². The zero-order chi connectivity index (χ0) is 24.6. The lowest BCUT2D eigenvalue weighted by Crippen LogP contribution is -2.41. The van der Waals surface area contributed by atoms with Crippen molar-refractivity contribution >= 4 is 33.4 Å². The monoisotopic (exact) mass is 504 g/mol. The Bertz CT molecular complexity index is 1200. The van der Waals surface area contributed by atoms with Crippen LogP contribution < -0.4 is 9.62 Å². The molecule has 3 aromatic carbocycles. The molecule has 0 spiro atoms. The van der Waals surface area contributed by atoms with Crippen molar-refractivity contribution < 1.29 is 22.0 Å². The summed E-state index contributed by atoms with van der Waals surface area (Å²) in [5.74, 6) is 0.0146. The van der Waals surface area contributed by atoms with Crippen molar-refractivity contribution in [1.29, 1.82) is 0 Å². The molecule has 1 amide bonds. The Labute approximate surface area is 203 Å². The zero-order valence-corrected chi connectivity index (χ0v) is 20.3. The van der Waals surface area contributed by atoms with Gasteiger partial charge in [0.1, 0.15) is 18.2 Å². The summed E-state index contributed by atoms with van der Waals surface area (Å²) in [6.07, 6.45) is 0.653. The quantitative estimate of drug-likeness (QED) is 0.377. The van der Waals surface area contributed by atoms with Gasteiger partial charge in [0.05, 0.1) is 10.6 Å². The maximum Gasteiger partial charge on any atom is 0.264 e. The van der Waals surface area contributed by atoms with Crippen LogP contribution in [-0.4, -0.2) is 33.2 Å². The Balaban J connectivity index is 1.59. The summed E-state index contributed by atoms with van der Waals surface area (Å²) in [7, 11) is -4.09. The van der Waals surface area contributed by atoms with Crippen LogP contribution in [0.3, 0.4) is 0 Å². The number of nitrogens with one attached hydrogen (secondary N) is 1. The zero-order valence-electron chi connectivity index (χ0n) is 18.7. The van der Waals surface area contributed by atoms with E-state index in [2.05, 4.69) is 5.32 Å². The highest BCUT2D eigenvalue weighted by molar-refractivity contribution is 7.98. The number of amides is 1. The van der Waals surface area contributed by atoms with Crippen LogP contribution in [0.4, 0.5) is 14.5 Å². The molecule has 0 saturated heterocycles. The molecule has 0 unspecified atom stereocenters. The lowest BCUT2D eigenvalue weighted by atomic mass is 10.2. The van der Waals surface area contributed by atoms with E-state index in [9.17, 15) is 22.0 Å². The van der Waals surface area contributed by atoms with Crippen LogP contribution in [0.5, 0.6) is 0 Å². The van der Waals surface area contributed by atoms with E-state index in [1.165, 1.54) is 18.2 Å². The fraction of sp³-hybridized carbons (Fsp3) is 0.240. The first-order valence-corrected chi connectivity index (χ1v) is 13.3. The number of thioether (sulfide) groups is 1. The fourth-order valence-electron chi connectivity index (χ4n) is 3.15. The first-order valence-electron chi connectivity index (χ1n) is 10.7. The van der Waals surface area contributed by atoms with Crippen molar-refractivity contribution in [3.05, 3.63) is 95.6 Å². The van der Waals surface area contributed by atoms with Gasteiger partial charge < -0.3 is 5.32 Å². The normalized spacial score (nSPS) is 11.3. The summed E-state index contributed by atoms with van der Waals surface area (Å²) >= 11 is 1.56. The molecule has 9 heteroatoms. The van der Waals surface area contributed by atoms with Gasteiger partial charge in [-0.25, -0.2) is 17.2 Å². The second-order valence-corrected chi connectivity index (χ2v) is 10.6. The van der Waals surface area contributed by atoms with E-state index < -0.39 is 28.3 Å². The topological polar surface area (TPSA) is 66.5 Å². The third-order valence-corrected chi connectivity index (χ3v) is 7.89. The summed E-state index contributed by atoms with van der Waals surface area (Å²) < 4.78 is 54.4. The van der Waals surface area contributed by atoms with Crippen LogP contribution in [0.1, 0.15) is 17.5 Å². The highest BCUT2D eigenvalue weighted by Crippen LogP contribution is 2.24. The lowest BCUT2D eigenvalue weighted by molar-refractivity contribution is -0.119. The molecule has 3 rings (SSSR count). The maximum atomic E-state index is 13.7. The molecule has 34 heavy (non-hydrogen) atoms. The van der Waals surface area contributed by atoms with Gasteiger partial charge in [-0.2, -0.15) is 11.8 Å². The Morgan fingerprint density at radius 3 is 2.32 bits per heavy atom. The molecule has 0 heterocycles. The van der Waals surface area contributed by atoms with E-state index in [1.54, 1.807) is 54.2 Å². The van der Waals surface area contributed by atoms with Gasteiger partial charge >= 0.3 is 0 Å². The molecule has 0 fully saturated rings. The molecule has 180 valence electrons. The summed E-state index contributed by atoms with van der Waals surface area (Å²) in [4.78, 5) is 12.5. The van der Waals surface area contributed by atoms with Crippen LogP contribution in [0, 0.1) is 18.6 Å². The second kappa shape index (κ2) is 12.0. The van der Waals surface area contributed by atoms with E-state index in [0.717, 1.165) is 22.0 Å². The summed E-state index contributed by atoms with van der Waals surface area (Å²) in [5, 5.41) is 2.74. The third-order valence-electron chi connectivity index (χ3n) is 5.01. The molecular formula is C25H26F2N2O3S2. The number of sulfonamides is 1. The van der Waals surface area contributed by atoms with Gasteiger partial charge in [-0.15, -0.1) is 0 Å². The highest BCUT2D eigenvalue weighted by Gasteiger charge is 2.27. The van der Waals surface area contributed by atoms with Crippen molar-refractivity contribution in [1.82, 2.24) is 5.32 Å². The molecular weight excluding hydrogens is 478 g/mol. The van der Waals surface area contributed by atoms with Crippen LogP contribution in [0.15, 0.2) is 77.7 Å². The molecule has 0 saturated carbocycles. The van der Waals surface area contributed by atoms with Gasteiger partial charge in [0.2, 0.25) is 5.91 Å². The lowest BCUT2D eigenvalue weighted by Gasteiger charge is -2.24. The van der Waals surface area contributed by atoms with E-state index in [-0.39, 0.29) is 10.7 Å². The number of hydrogen-bond donors (Lipinski definition) is 1. The summed E-state index contributed by atoms with van der Waals surface area (Å²) in [6, 6.07) is 17.9. The minimum Gasteiger partial charge on any atom is -0.354 e. The molecule has 0 aromatic heterocycles. The standard InChI is InChI=1S/C25H26F2N2O3S2/c1-19-7-11-22(12-8-19)29(34(31,32)23-13-9-21(26)10-14-23)17-25(30)28-15-4-16-33-18-20-5-2-3-6-24(20)27/h2-3,5-14H,4,15-18H2,1H3,(H,28,30). The smallest absolute Gasteiger partial charge is 0.264 e. The molecule has 0 atom stereocenters. The Hall–Kier alpha value is -2.91. The minimum atomic E-state index is -4.09. The van der Waals surface area contributed by atoms with Crippen LogP contribution in [0.25, 0.3) is 0 Å². The van der Waals surface area contributed by atoms with Crippen LogP contribution >= 0.6 is 11.8 Å². The van der Waals surface area contributed by atoms with Crippen molar-refractivity contribution in [3.63, 3.8) is 0 Å². The number of rotatable bonds is 11. The molecule has 0 aliphatic heterocycles. The Morgan fingerprint density at radius 2 is 1.65 bits per heavy atom. The van der Waals surface area contributed by atoms with E-state index in [0.29, 0.717) is 35.7 Å². The first kappa shape index (κ1) is 25.7. The van der Waals surface area contributed by atoms with Crippen LogP contribution in [-0.2, 0) is 20.6 Å². The Kier molecular flexibility index (Phi) is 9.06. The predicted molar refractivity (Wildman–Crippen MR) is 132 cm³/mol. The number of benzene rings is 3. The maximum absolute atomic E-state index is 13.7. The number of nitrogens with zero attached hydrogens (tertiary/aromatic N) is 1. The largest absolute Gasteiger partial charge is 0.354 e. The number of hydrogen-bond acceptors (Lipinski definition) is 4. The van der Waals surface area contributed by atoms with Crippen molar-refractivity contribution in [2.24, 2.45) is 0 Å². The molecule has 0 aliphatic rings. The number of carbonyl (C=O) groups is 1. The summed E-state index contributed by atoms with van der Waals surface area (Å²) in [6.45, 7) is 1.83. The molecule has 3 aromatic rings. The van der Waals surface area contributed by atoms with Gasteiger partial charge in [0.25, 0.3) is 10.0 Å². The average Bonchev–Trinajstić information content (AvgIpc) is 2.82. The fourth-order valence-corrected chi connectivity index (χ4v) is 5.51. The van der Waals surface area contributed by atoms with Crippen molar-refractivity contribution in [2.75, 3.05) is 23.1 Å². The number of carbonyl (C=O) groups excluding carboxylic acids is 1. The number of aryl methyl sites for hydroxylation is 1. The second-order valence-electron chi connectivity index (χ2n) is 7.65. The van der Waals surface area contributed by atoms with E-state index in [4.69, 9.17) is 0 Å². The predicted octanol–water partition coefficient (Wildman–Crippen LogP) is 4.91. The SMILES string of the molecule is Cc1ccc(N(CC(=O)NCCCSCc2ccccc2F)S(=O)(=O)c2ccc(F)cc2)cc1. The van der Waals surface area contributed by atoms with E-state index >= 15 is 0 Å². The van der Waals surface area contributed by atoms with Gasteiger partial charge in [-0.05, 0) is 67.1 Å². The van der Waals surface area contributed by atoms with Crippen LogP contribution in [0.2, 0.25) is 0 Å². The molecule has 1 N–H and O–H groups in total. The summed E-state index contributed by atoms with van der Waals surface area (Å²) in [5.41, 5.74) is 1.92. The molecule has 0 aliphatic carbocycles. The van der Waals surface area contributed by atoms with Gasteiger partial charge in [-0.3, -0.25) is 9.10 Å². The Morgan fingerprint density at radius 1 is 0.971 bits per heavy atom. The van der Waals surface area contributed by atoms with Gasteiger partial charge in [-0.1, -0.05) is 35.9 Å². The number of halogens is 2. The molecule has 0 bridgehead atoms. The van der Waals surface area contributed by atoms with Gasteiger partial charge in [0.15, 0.2) is 0 Å². The van der Waals surface area contributed by atoms with Gasteiger partial charge in [0, 0.05) is 12.3 Å². The molecule has 5 nitrogen and oxygen atoms in total. The number of anilines is 1. The van der Waals surface area contributed by atoms with Crippen molar-refractivity contribution in [2.45, 2.75) is 24.0 Å². The van der Waals surface area contributed by atoms with Crippen molar-refractivity contribution in [3.8, 4) is 0 Å². The molecule has 0 radical (unpaired) electrons. The average molecular weight is 505 g/mol. The first-order chi connectivity index (χ1) is 16.3.